The van der Waals surface area contributed by atoms with Gasteiger partial charge in [0.05, 0.1) is 25.0 Å². The van der Waals surface area contributed by atoms with Crippen molar-refractivity contribution in [2.45, 2.75) is 28.4 Å². The molecular formula is C21H21F3N2O3S. The number of aliphatic hydroxyl groups excluding tert-OH is 3. The van der Waals surface area contributed by atoms with Gasteiger partial charge in [-0.1, -0.05) is 30.3 Å². The van der Waals surface area contributed by atoms with Gasteiger partial charge in [0, 0.05) is 22.8 Å². The van der Waals surface area contributed by atoms with Crippen LogP contribution in [0.3, 0.4) is 0 Å². The van der Waals surface area contributed by atoms with Crippen molar-refractivity contribution in [3.8, 4) is 11.1 Å². The van der Waals surface area contributed by atoms with Crippen molar-refractivity contribution in [3.05, 3.63) is 72.3 Å². The Balaban J connectivity index is 1.64. The second kappa shape index (κ2) is 8.43. The monoisotopic (exact) mass is 438 g/mol. The fourth-order valence-electron chi connectivity index (χ4n) is 3.91. The minimum absolute atomic E-state index is 0.0858. The predicted molar refractivity (Wildman–Crippen MR) is 108 cm³/mol. The maximum absolute atomic E-state index is 13.6. The Hall–Kier alpha value is -2.33. The third kappa shape index (κ3) is 3.74. The summed E-state index contributed by atoms with van der Waals surface area (Å²) in [5.74, 6) is -3.82. The standard InChI is InChI=1S/C21H21F3N2O3S/c22-15-6-12(7-16(23)19(15)24)13-8-25-26(9-13)20-17(28)11-30(18(10-27)21(20)29)14-4-2-1-3-5-14/h1-9,17-18,20-21,27-30H,10-11H2/t17-,18-,20+,21+/m1/s1. The second-order valence-corrected chi connectivity index (χ2v) is 9.73. The van der Waals surface area contributed by atoms with Crippen molar-refractivity contribution in [1.29, 1.82) is 0 Å². The average molecular weight is 438 g/mol. The Morgan fingerprint density at radius 1 is 1.03 bits per heavy atom. The molecule has 1 saturated heterocycles. The van der Waals surface area contributed by atoms with Crippen LogP contribution in [0.2, 0.25) is 0 Å². The molecule has 0 bridgehead atoms. The molecule has 3 N–H and O–H groups in total. The molecular weight excluding hydrogens is 417 g/mol. The summed E-state index contributed by atoms with van der Waals surface area (Å²) in [5.41, 5.74) is 0.395. The van der Waals surface area contributed by atoms with E-state index >= 15 is 0 Å². The van der Waals surface area contributed by atoms with E-state index in [4.69, 9.17) is 0 Å². The quantitative estimate of drug-likeness (QED) is 0.373. The van der Waals surface area contributed by atoms with Gasteiger partial charge in [-0.2, -0.15) is 5.10 Å². The highest BCUT2D eigenvalue weighted by Crippen LogP contribution is 2.49. The number of hydrogen-bond donors (Lipinski definition) is 4. The summed E-state index contributed by atoms with van der Waals surface area (Å²) in [6, 6.07) is 10.3. The number of halogens is 3. The lowest BCUT2D eigenvalue weighted by molar-refractivity contribution is 0.00843. The van der Waals surface area contributed by atoms with Crippen LogP contribution in [0.5, 0.6) is 0 Å². The van der Waals surface area contributed by atoms with E-state index in [0.717, 1.165) is 17.0 Å². The normalized spacial score (nSPS) is 27.9. The molecule has 0 radical (unpaired) electrons. The first kappa shape index (κ1) is 20.9. The van der Waals surface area contributed by atoms with Crippen LogP contribution in [0.4, 0.5) is 13.2 Å². The topological polar surface area (TPSA) is 78.5 Å². The predicted octanol–water partition coefficient (Wildman–Crippen LogP) is 2.67. The zero-order valence-corrected chi connectivity index (χ0v) is 16.6. The van der Waals surface area contributed by atoms with Gasteiger partial charge in [-0.3, -0.25) is 4.68 Å². The van der Waals surface area contributed by atoms with Crippen LogP contribution in [-0.4, -0.2) is 54.9 Å². The van der Waals surface area contributed by atoms with Gasteiger partial charge >= 0.3 is 0 Å². The average Bonchev–Trinajstić information content (AvgIpc) is 3.21. The maximum atomic E-state index is 13.6. The molecule has 3 aromatic rings. The SMILES string of the molecule is OC[C@@H]1[C@H](O)[C@@H](n2cc(-c3cc(F)c(F)c(F)c3)cn2)[C@H](O)C[SH]1c1ccccc1. The maximum Gasteiger partial charge on any atom is 0.194 e. The molecule has 2 heterocycles. The molecule has 1 aliphatic rings. The molecule has 0 amide bonds. The fourth-order valence-corrected chi connectivity index (χ4v) is 6.69. The summed E-state index contributed by atoms with van der Waals surface area (Å²) in [5, 5.41) is 35.4. The number of thiol groups is 1. The Morgan fingerprint density at radius 2 is 1.70 bits per heavy atom. The van der Waals surface area contributed by atoms with Crippen LogP contribution in [0.25, 0.3) is 11.1 Å². The minimum Gasteiger partial charge on any atom is -0.395 e. The number of rotatable bonds is 4. The van der Waals surface area contributed by atoms with Crippen LogP contribution in [0, 0.1) is 17.5 Å². The zero-order valence-electron chi connectivity index (χ0n) is 15.7. The van der Waals surface area contributed by atoms with Crippen molar-refractivity contribution in [2.75, 3.05) is 12.4 Å². The molecule has 5 nitrogen and oxygen atoms in total. The lowest BCUT2D eigenvalue weighted by Crippen LogP contribution is -2.49. The second-order valence-electron chi connectivity index (χ2n) is 7.25. The van der Waals surface area contributed by atoms with Gasteiger partial charge in [0.1, 0.15) is 6.04 Å². The van der Waals surface area contributed by atoms with Crippen molar-refractivity contribution in [2.24, 2.45) is 0 Å². The van der Waals surface area contributed by atoms with E-state index in [1.54, 1.807) is 0 Å². The van der Waals surface area contributed by atoms with Gasteiger partial charge in [0.25, 0.3) is 0 Å². The van der Waals surface area contributed by atoms with Crippen molar-refractivity contribution in [1.82, 2.24) is 9.78 Å². The molecule has 0 spiro atoms. The van der Waals surface area contributed by atoms with Crippen LogP contribution in [0.15, 0.2) is 59.8 Å². The third-order valence-corrected chi connectivity index (χ3v) is 8.42. The number of aliphatic hydroxyl groups is 3. The zero-order chi connectivity index (χ0) is 21.4. The molecule has 1 aromatic heterocycles. The number of nitrogens with zero attached hydrogens (tertiary/aromatic N) is 2. The minimum atomic E-state index is -1.55. The summed E-state index contributed by atoms with van der Waals surface area (Å²) in [6.45, 7) is -0.256. The van der Waals surface area contributed by atoms with Crippen LogP contribution in [0.1, 0.15) is 6.04 Å². The molecule has 1 fully saturated rings. The highest BCUT2D eigenvalue weighted by molar-refractivity contribution is 8.17. The molecule has 1 unspecified atom stereocenters. The molecule has 1 aliphatic heterocycles. The van der Waals surface area contributed by atoms with Gasteiger partial charge in [-0.25, -0.2) is 24.1 Å². The molecule has 5 atom stereocenters. The summed E-state index contributed by atoms with van der Waals surface area (Å²) < 4.78 is 41.7. The van der Waals surface area contributed by atoms with Gasteiger partial charge in [-0.15, -0.1) is 0 Å². The molecule has 30 heavy (non-hydrogen) atoms. The first-order chi connectivity index (χ1) is 14.4. The van der Waals surface area contributed by atoms with Gasteiger partial charge in [0.2, 0.25) is 0 Å². The van der Waals surface area contributed by atoms with Crippen LogP contribution >= 0.6 is 10.9 Å². The molecule has 0 saturated carbocycles. The molecule has 160 valence electrons. The van der Waals surface area contributed by atoms with E-state index in [0.29, 0.717) is 11.3 Å². The van der Waals surface area contributed by atoms with E-state index in [1.165, 1.54) is 17.1 Å². The van der Waals surface area contributed by atoms with Crippen molar-refractivity contribution >= 4 is 10.9 Å². The summed E-state index contributed by atoms with van der Waals surface area (Å²) in [6.07, 6.45) is 0.741. The van der Waals surface area contributed by atoms with Gasteiger partial charge < -0.3 is 15.3 Å². The van der Waals surface area contributed by atoms with Crippen LogP contribution in [-0.2, 0) is 0 Å². The summed E-state index contributed by atoms with van der Waals surface area (Å²) in [4.78, 5) is 0.974. The van der Waals surface area contributed by atoms with E-state index < -0.39 is 51.8 Å². The lowest BCUT2D eigenvalue weighted by Gasteiger charge is -2.45. The van der Waals surface area contributed by atoms with Crippen molar-refractivity contribution < 1.29 is 28.5 Å². The summed E-state index contributed by atoms with van der Waals surface area (Å²) >= 11 is 0. The number of benzene rings is 2. The highest BCUT2D eigenvalue weighted by Gasteiger charge is 2.43. The molecule has 9 heteroatoms. The smallest absolute Gasteiger partial charge is 0.194 e. The van der Waals surface area contributed by atoms with E-state index in [-0.39, 0.29) is 12.2 Å². The van der Waals surface area contributed by atoms with E-state index in [1.807, 2.05) is 30.3 Å². The first-order valence-electron chi connectivity index (χ1n) is 9.38. The fraction of sp³-hybridized carbons (Fsp3) is 0.286. The molecule has 2 aromatic carbocycles. The first-order valence-corrected chi connectivity index (χ1v) is 11.0. The molecule has 4 rings (SSSR count). The largest absolute Gasteiger partial charge is 0.395 e. The van der Waals surface area contributed by atoms with E-state index in [2.05, 4.69) is 5.10 Å². The Bertz CT molecular complexity index is 1010. The number of hydrogen-bond acceptors (Lipinski definition) is 4. The van der Waals surface area contributed by atoms with Crippen LogP contribution < -0.4 is 0 Å². The Morgan fingerprint density at radius 3 is 2.33 bits per heavy atom. The van der Waals surface area contributed by atoms with E-state index in [9.17, 15) is 28.5 Å². The Kier molecular flexibility index (Phi) is 5.88. The lowest BCUT2D eigenvalue weighted by atomic mass is 10.0. The van der Waals surface area contributed by atoms with Gasteiger partial charge in [-0.05, 0) is 22.6 Å². The summed E-state index contributed by atoms with van der Waals surface area (Å²) in [7, 11) is -1.01. The molecule has 0 aliphatic carbocycles. The van der Waals surface area contributed by atoms with Gasteiger partial charge in [0.15, 0.2) is 17.5 Å². The van der Waals surface area contributed by atoms with Crippen molar-refractivity contribution in [3.63, 3.8) is 0 Å². The number of aromatic nitrogens is 2. The Labute approximate surface area is 173 Å². The highest BCUT2D eigenvalue weighted by atomic mass is 32.2. The third-order valence-electron chi connectivity index (χ3n) is 5.42.